The standard InChI is InChI=1S/C23H26N2O4/c1-16-7-2-3-8-17(16)12-13-21(26)24-19-10-6-9-18(15-19)22(27)25-14-5-4-11-20(25)23(28)29/h2-3,6-10,15,20H,4-5,11-14H2,1H3,(H,24,26)(H,28,29). The average molecular weight is 394 g/mol. The number of aliphatic carboxylic acids is 1. The van der Waals surface area contributed by atoms with Crippen molar-refractivity contribution in [2.75, 3.05) is 11.9 Å². The smallest absolute Gasteiger partial charge is 0.326 e. The van der Waals surface area contributed by atoms with Crippen molar-refractivity contribution < 1.29 is 19.5 Å². The number of benzene rings is 2. The molecule has 0 aromatic heterocycles. The molecule has 1 atom stereocenters. The van der Waals surface area contributed by atoms with Crippen molar-refractivity contribution in [3.05, 3.63) is 65.2 Å². The summed E-state index contributed by atoms with van der Waals surface area (Å²) in [5.41, 5.74) is 3.21. The maximum Gasteiger partial charge on any atom is 0.326 e. The minimum absolute atomic E-state index is 0.126. The lowest BCUT2D eigenvalue weighted by molar-refractivity contribution is -0.143. The highest BCUT2D eigenvalue weighted by molar-refractivity contribution is 5.99. The van der Waals surface area contributed by atoms with Crippen LogP contribution in [0.5, 0.6) is 0 Å². The Morgan fingerprint density at radius 3 is 2.66 bits per heavy atom. The van der Waals surface area contributed by atoms with Gasteiger partial charge in [-0.15, -0.1) is 0 Å². The van der Waals surface area contributed by atoms with E-state index >= 15 is 0 Å². The average Bonchev–Trinajstić information content (AvgIpc) is 2.73. The molecule has 0 spiro atoms. The lowest BCUT2D eigenvalue weighted by atomic mass is 10.0. The number of aryl methyl sites for hydroxylation is 2. The largest absolute Gasteiger partial charge is 0.480 e. The molecule has 1 aliphatic rings. The maximum atomic E-state index is 12.9. The van der Waals surface area contributed by atoms with Gasteiger partial charge in [-0.3, -0.25) is 9.59 Å². The van der Waals surface area contributed by atoms with Crippen molar-refractivity contribution in [1.82, 2.24) is 4.90 Å². The summed E-state index contributed by atoms with van der Waals surface area (Å²) in [6.45, 7) is 2.45. The van der Waals surface area contributed by atoms with Gasteiger partial charge in [-0.25, -0.2) is 4.79 Å². The predicted octanol–water partition coefficient (Wildman–Crippen LogP) is 3.65. The highest BCUT2D eigenvalue weighted by Gasteiger charge is 2.32. The number of carboxylic acid groups (broad SMARTS) is 1. The molecule has 1 fully saturated rings. The van der Waals surface area contributed by atoms with E-state index in [4.69, 9.17) is 0 Å². The second-order valence-electron chi connectivity index (χ2n) is 7.40. The fourth-order valence-corrected chi connectivity index (χ4v) is 3.69. The summed E-state index contributed by atoms with van der Waals surface area (Å²) < 4.78 is 0. The van der Waals surface area contributed by atoms with E-state index in [-0.39, 0.29) is 11.8 Å². The van der Waals surface area contributed by atoms with E-state index in [1.54, 1.807) is 24.3 Å². The van der Waals surface area contributed by atoms with E-state index in [9.17, 15) is 19.5 Å². The molecule has 2 amide bonds. The summed E-state index contributed by atoms with van der Waals surface area (Å²) >= 11 is 0. The lowest BCUT2D eigenvalue weighted by Gasteiger charge is -2.33. The number of anilines is 1. The fourth-order valence-electron chi connectivity index (χ4n) is 3.69. The van der Waals surface area contributed by atoms with Crippen molar-refractivity contribution in [3.63, 3.8) is 0 Å². The van der Waals surface area contributed by atoms with E-state index in [0.717, 1.165) is 24.0 Å². The van der Waals surface area contributed by atoms with Gasteiger partial charge in [0, 0.05) is 24.2 Å². The van der Waals surface area contributed by atoms with Gasteiger partial charge in [0.2, 0.25) is 5.91 Å². The molecule has 2 aromatic carbocycles. The van der Waals surface area contributed by atoms with Crippen LogP contribution >= 0.6 is 0 Å². The third-order valence-corrected chi connectivity index (χ3v) is 5.32. The molecular weight excluding hydrogens is 368 g/mol. The normalized spacial score (nSPS) is 16.3. The monoisotopic (exact) mass is 394 g/mol. The molecular formula is C23H26N2O4. The predicted molar refractivity (Wildman–Crippen MR) is 111 cm³/mol. The van der Waals surface area contributed by atoms with Crippen molar-refractivity contribution in [2.45, 2.75) is 45.1 Å². The number of amides is 2. The Morgan fingerprint density at radius 2 is 1.90 bits per heavy atom. The molecule has 0 saturated carbocycles. The number of hydrogen-bond donors (Lipinski definition) is 2. The van der Waals surface area contributed by atoms with Crippen LogP contribution in [0, 0.1) is 6.92 Å². The Balaban J connectivity index is 1.64. The molecule has 6 heteroatoms. The summed E-state index contributed by atoms with van der Waals surface area (Å²) in [6.07, 6.45) is 3.06. The van der Waals surface area contributed by atoms with Crippen LogP contribution in [0.25, 0.3) is 0 Å². The highest BCUT2D eigenvalue weighted by atomic mass is 16.4. The van der Waals surface area contributed by atoms with Crippen LogP contribution in [0.15, 0.2) is 48.5 Å². The zero-order valence-corrected chi connectivity index (χ0v) is 16.6. The van der Waals surface area contributed by atoms with Crippen molar-refractivity contribution in [1.29, 1.82) is 0 Å². The van der Waals surface area contributed by atoms with E-state index in [2.05, 4.69) is 5.32 Å². The van der Waals surface area contributed by atoms with Gasteiger partial charge in [-0.1, -0.05) is 30.3 Å². The summed E-state index contributed by atoms with van der Waals surface area (Å²) in [7, 11) is 0. The summed E-state index contributed by atoms with van der Waals surface area (Å²) in [6, 6.07) is 13.9. The Hall–Kier alpha value is -3.15. The van der Waals surface area contributed by atoms with Crippen molar-refractivity contribution in [2.24, 2.45) is 0 Å². The van der Waals surface area contributed by atoms with Crippen LogP contribution in [-0.2, 0) is 16.0 Å². The van der Waals surface area contributed by atoms with Crippen LogP contribution in [-0.4, -0.2) is 40.4 Å². The van der Waals surface area contributed by atoms with E-state index in [1.807, 2.05) is 31.2 Å². The Kier molecular flexibility index (Phi) is 6.65. The first kappa shape index (κ1) is 20.6. The van der Waals surface area contributed by atoms with Crippen LogP contribution in [0.1, 0.15) is 47.2 Å². The van der Waals surface area contributed by atoms with Crippen LogP contribution in [0.2, 0.25) is 0 Å². The van der Waals surface area contributed by atoms with Crippen molar-refractivity contribution in [3.8, 4) is 0 Å². The molecule has 1 saturated heterocycles. The highest BCUT2D eigenvalue weighted by Crippen LogP contribution is 2.21. The molecule has 0 aliphatic carbocycles. The zero-order valence-electron chi connectivity index (χ0n) is 16.6. The summed E-state index contributed by atoms with van der Waals surface area (Å²) in [5, 5.41) is 12.2. The minimum atomic E-state index is -0.973. The van der Waals surface area contributed by atoms with Gasteiger partial charge >= 0.3 is 5.97 Å². The summed E-state index contributed by atoms with van der Waals surface area (Å²) in [5.74, 6) is -1.41. The number of nitrogens with one attached hydrogen (secondary N) is 1. The SMILES string of the molecule is Cc1ccccc1CCC(=O)Nc1cccc(C(=O)N2CCCCC2C(=O)O)c1. The number of likely N-dealkylation sites (tertiary alicyclic amines) is 1. The van der Waals surface area contributed by atoms with Crippen LogP contribution < -0.4 is 5.32 Å². The van der Waals surface area contributed by atoms with Gasteiger partial charge in [-0.2, -0.15) is 0 Å². The lowest BCUT2D eigenvalue weighted by Crippen LogP contribution is -2.48. The topological polar surface area (TPSA) is 86.7 Å². The first-order chi connectivity index (χ1) is 14.0. The second kappa shape index (κ2) is 9.37. The summed E-state index contributed by atoms with van der Waals surface area (Å²) in [4.78, 5) is 38.1. The van der Waals surface area contributed by atoms with E-state index in [1.165, 1.54) is 4.90 Å². The van der Waals surface area contributed by atoms with E-state index < -0.39 is 12.0 Å². The molecule has 0 bridgehead atoms. The first-order valence-corrected chi connectivity index (χ1v) is 9.94. The Labute approximate surface area is 170 Å². The molecule has 152 valence electrons. The number of carbonyl (C=O) groups is 3. The molecule has 3 rings (SSSR count). The minimum Gasteiger partial charge on any atom is -0.480 e. The van der Waals surface area contributed by atoms with Gasteiger partial charge in [0.25, 0.3) is 5.91 Å². The molecule has 2 N–H and O–H groups in total. The van der Waals surface area contributed by atoms with Gasteiger partial charge in [0.1, 0.15) is 6.04 Å². The van der Waals surface area contributed by atoms with Gasteiger partial charge in [-0.05, 0) is 61.9 Å². The second-order valence-corrected chi connectivity index (χ2v) is 7.40. The number of carbonyl (C=O) groups excluding carboxylic acids is 2. The van der Waals surface area contributed by atoms with Gasteiger partial charge in [0.05, 0.1) is 0 Å². The molecule has 1 heterocycles. The van der Waals surface area contributed by atoms with Crippen LogP contribution in [0.3, 0.4) is 0 Å². The Morgan fingerprint density at radius 1 is 1.10 bits per heavy atom. The Bertz CT molecular complexity index is 909. The molecule has 2 aromatic rings. The van der Waals surface area contributed by atoms with Gasteiger partial charge < -0.3 is 15.3 Å². The third-order valence-electron chi connectivity index (χ3n) is 5.32. The fraction of sp³-hybridized carbons (Fsp3) is 0.348. The third kappa shape index (κ3) is 5.22. The van der Waals surface area contributed by atoms with Gasteiger partial charge in [0.15, 0.2) is 0 Å². The maximum absolute atomic E-state index is 12.9. The van der Waals surface area contributed by atoms with E-state index in [0.29, 0.717) is 37.1 Å². The molecule has 6 nitrogen and oxygen atoms in total. The molecule has 29 heavy (non-hydrogen) atoms. The quantitative estimate of drug-likeness (QED) is 0.783. The van der Waals surface area contributed by atoms with Crippen LogP contribution in [0.4, 0.5) is 5.69 Å². The number of carboxylic acids is 1. The first-order valence-electron chi connectivity index (χ1n) is 9.94. The molecule has 1 unspecified atom stereocenters. The molecule has 1 aliphatic heterocycles. The number of nitrogens with zero attached hydrogens (tertiary/aromatic N) is 1. The van der Waals surface area contributed by atoms with Crippen molar-refractivity contribution >= 4 is 23.5 Å². The number of rotatable bonds is 6. The number of piperidine rings is 1. The molecule has 0 radical (unpaired) electrons. The number of hydrogen-bond acceptors (Lipinski definition) is 3. The zero-order chi connectivity index (χ0) is 20.8.